The number of rotatable bonds is 11. The molecule has 3 rings (SSSR count). The van der Waals surface area contributed by atoms with Gasteiger partial charge in [0.2, 0.25) is 5.91 Å². The Morgan fingerprint density at radius 2 is 1.76 bits per heavy atom. The van der Waals surface area contributed by atoms with Crippen LogP contribution in [0.2, 0.25) is 0 Å². The van der Waals surface area contributed by atoms with Crippen LogP contribution in [0.4, 0.5) is 5.69 Å². The smallest absolute Gasteiger partial charge is 0.337 e. The molecule has 8 nitrogen and oxygen atoms in total. The van der Waals surface area contributed by atoms with Crippen LogP contribution in [-0.2, 0) is 29.1 Å². The number of carbonyl (C=O) groups is 2. The number of nitrogens with zero attached hydrogens (tertiary/aromatic N) is 3. The van der Waals surface area contributed by atoms with Crippen LogP contribution in [0.25, 0.3) is 0 Å². The zero-order valence-corrected chi connectivity index (χ0v) is 20.7. The molecule has 0 unspecified atom stereocenters. The Morgan fingerprint density at radius 1 is 1.06 bits per heavy atom. The lowest BCUT2D eigenvalue weighted by Crippen LogP contribution is -2.16. The molecular weight excluding hydrogens is 452 g/mol. The first-order chi connectivity index (χ1) is 16.4. The molecule has 1 N–H and O–H groups in total. The number of benzene rings is 2. The molecule has 0 spiro atoms. The SMILES string of the molecule is CCc1ccc(OCc2nnc(SCC(=O)Nc3ccc(C(=O)OC)cc3)n2CC(C)C)cc1. The molecule has 0 aliphatic heterocycles. The number of amides is 1. The number of nitrogens with one attached hydrogen (secondary N) is 1. The van der Waals surface area contributed by atoms with Crippen LogP contribution in [-0.4, -0.2) is 39.5 Å². The van der Waals surface area contributed by atoms with Gasteiger partial charge in [-0.3, -0.25) is 4.79 Å². The van der Waals surface area contributed by atoms with E-state index >= 15 is 0 Å². The van der Waals surface area contributed by atoms with Crippen LogP contribution in [0, 0.1) is 5.92 Å². The molecule has 0 fully saturated rings. The maximum atomic E-state index is 12.5. The van der Waals surface area contributed by atoms with Crippen molar-refractivity contribution in [2.45, 2.75) is 45.5 Å². The fraction of sp³-hybridized carbons (Fsp3) is 0.360. The van der Waals surface area contributed by atoms with Crippen LogP contribution in [0.15, 0.2) is 53.7 Å². The molecule has 0 atom stereocenters. The van der Waals surface area contributed by atoms with Crippen LogP contribution < -0.4 is 10.1 Å². The second kappa shape index (κ2) is 12.2. The summed E-state index contributed by atoms with van der Waals surface area (Å²) in [5.74, 6) is 1.45. The van der Waals surface area contributed by atoms with Gasteiger partial charge >= 0.3 is 5.97 Å². The molecular formula is C25H30N4O4S. The van der Waals surface area contributed by atoms with Gasteiger partial charge in [0.25, 0.3) is 0 Å². The summed E-state index contributed by atoms with van der Waals surface area (Å²) in [5, 5.41) is 12.1. The first-order valence-corrected chi connectivity index (χ1v) is 12.1. The third-order valence-corrected chi connectivity index (χ3v) is 5.93. The Kier molecular flexibility index (Phi) is 9.09. The highest BCUT2D eigenvalue weighted by molar-refractivity contribution is 7.99. The topological polar surface area (TPSA) is 95.3 Å². The van der Waals surface area contributed by atoms with Gasteiger partial charge in [-0.1, -0.05) is 44.7 Å². The van der Waals surface area contributed by atoms with Crippen LogP contribution >= 0.6 is 11.8 Å². The summed E-state index contributed by atoms with van der Waals surface area (Å²) in [4.78, 5) is 24.0. The van der Waals surface area contributed by atoms with Gasteiger partial charge in [-0.05, 0) is 54.3 Å². The predicted octanol–water partition coefficient (Wildman–Crippen LogP) is 4.59. The summed E-state index contributed by atoms with van der Waals surface area (Å²) >= 11 is 1.32. The van der Waals surface area contributed by atoms with Gasteiger partial charge in [0.05, 0.1) is 18.4 Å². The Bertz CT molecular complexity index is 1100. The molecule has 1 aromatic heterocycles. The fourth-order valence-corrected chi connectivity index (χ4v) is 3.95. The molecule has 3 aromatic rings. The van der Waals surface area contributed by atoms with Crippen LogP contribution in [0.3, 0.4) is 0 Å². The molecule has 0 aliphatic rings. The third kappa shape index (κ3) is 7.08. The maximum Gasteiger partial charge on any atom is 0.337 e. The average molecular weight is 483 g/mol. The Balaban J connectivity index is 1.60. The van der Waals surface area contributed by atoms with E-state index in [2.05, 4.69) is 53.2 Å². The highest BCUT2D eigenvalue weighted by Gasteiger charge is 2.16. The fourth-order valence-electron chi connectivity index (χ4n) is 3.18. The van der Waals surface area contributed by atoms with Crippen molar-refractivity contribution >= 4 is 29.3 Å². The van der Waals surface area contributed by atoms with Gasteiger partial charge in [0.15, 0.2) is 11.0 Å². The van der Waals surface area contributed by atoms with Crippen molar-refractivity contribution in [3.63, 3.8) is 0 Å². The quantitative estimate of drug-likeness (QED) is 0.315. The highest BCUT2D eigenvalue weighted by atomic mass is 32.2. The molecule has 9 heteroatoms. The maximum absolute atomic E-state index is 12.5. The molecule has 180 valence electrons. The standard InChI is InChI=1S/C25H30N4O4S/c1-5-18-6-12-21(13-7-18)33-15-22-27-28-25(29(22)14-17(2)3)34-16-23(30)26-20-10-8-19(9-11-20)24(31)32-4/h6-13,17H,5,14-16H2,1-4H3,(H,26,30). The second-order valence-corrected chi connectivity index (χ2v) is 9.04. The Hall–Kier alpha value is -3.33. The van der Waals surface area contributed by atoms with Crippen molar-refractivity contribution in [2.75, 3.05) is 18.2 Å². The molecule has 1 amide bonds. The van der Waals surface area contributed by atoms with Crippen LogP contribution in [0.1, 0.15) is 42.5 Å². The van der Waals surface area contributed by atoms with Crippen molar-refractivity contribution in [1.82, 2.24) is 14.8 Å². The first kappa shape index (κ1) is 25.3. The largest absolute Gasteiger partial charge is 0.486 e. The van der Waals surface area contributed by atoms with E-state index < -0.39 is 5.97 Å². The molecule has 2 aromatic carbocycles. The summed E-state index contributed by atoms with van der Waals surface area (Å²) in [6.07, 6.45) is 0.982. The van der Waals surface area contributed by atoms with Gasteiger partial charge in [0.1, 0.15) is 12.4 Å². The molecule has 0 saturated carbocycles. The summed E-state index contributed by atoms with van der Waals surface area (Å²) in [7, 11) is 1.33. The number of aryl methyl sites for hydroxylation is 1. The average Bonchev–Trinajstić information content (AvgIpc) is 3.22. The lowest BCUT2D eigenvalue weighted by molar-refractivity contribution is -0.113. The zero-order valence-electron chi connectivity index (χ0n) is 19.9. The van der Waals surface area contributed by atoms with E-state index in [0.717, 1.165) is 24.5 Å². The minimum absolute atomic E-state index is 0.175. The summed E-state index contributed by atoms with van der Waals surface area (Å²) in [5.41, 5.74) is 2.28. The van der Waals surface area contributed by atoms with Crippen molar-refractivity contribution in [1.29, 1.82) is 0 Å². The number of esters is 1. The van der Waals surface area contributed by atoms with Crippen molar-refractivity contribution < 1.29 is 19.1 Å². The lowest BCUT2D eigenvalue weighted by Gasteiger charge is -2.13. The third-order valence-electron chi connectivity index (χ3n) is 4.96. The van der Waals surface area contributed by atoms with Crippen molar-refractivity contribution in [2.24, 2.45) is 5.92 Å². The van der Waals surface area contributed by atoms with E-state index in [0.29, 0.717) is 28.9 Å². The van der Waals surface area contributed by atoms with E-state index in [1.807, 2.05) is 16.7 Å². The van der Waals surface area contributed by atoms with Crippen molar-refractivity contribution in [3.05, 3.63) is 65.5 Å². The molecule has 1 heterocycles. The molecule has 0 bridgehead atoms. The van der Waals surface area contributed by atoms with E-state index in [1.54, 1.807) is 24.3 Å². The van der Waals surface area contributed by atoms with Crippen molar-refractivity contribution in [3.8, 4) is 5.75 Å². The number of ether oxygens (including phenoxy) is 2. The second-order valence-electron chi connectivity index (χ2n) is 8.10. The summed E-state index contributed by atoms with van der Waals surface area (Å²) < 4.78 is 12.6. The number of hydrogen-bond donors (Lipinski definition) is 1. The molecule has 34 heavy (non-hydrogen) atoms. The number of carbonyl (C=O) groups excluding carboxylic acids is 2. The Morgan fingerprint density at radius 3 is 2.38 bits per heavy atom. The highest BCUT2D eigenvalue weighted by Crippen LogP contribution is 2.21. The molecule has 0 radical (unpaired) electrons. The number of thioether (sulfide) groups is 1. The minimum Gasteiger partial charge on any atom is -0.486 e. The van der Waals surface area contributed by atoms with Gasteiger partial charge in [-0.2, -0.15) is 0 Å². The van der Waals surface area contributed by atoms with E-state index in [1.165, 1.54) is 24.4 Å². The summed E-state index contributed by atoms with van der Waals surface area (Å²) in [6.45, 7) is 7.37. The van der Waals surface area contributed by atoms with Gasteiger partial charge in [0, 0.05) is 12.2 Å². The van der Waals surface area contributed by atoms with Gasteiger partial charge in [-0.15, -0.1) is 10.2 Å². The normalized spacial score (nSPS) is 10.9. The van der Waals surface area contributed by atoms with Gasteiger partial charge in [-0.25, -0.2) is 4.79 Å². The number of methoxy groups -OCH3 is 1. The number of aromatic nitrogens is 3. The first-order valence-electron chi connectivity index (χ1n) is 11.1. The minimum atomic E-state index is -0.421. The Labute approximate surface area is 204 Å². The van der Waals surface area contributed by atoms with E-state index in [4.69, 9.17) is 4.74 Å². The van der Waals surface area contributed by atoms with E-state index in [-0.39, 0.29) is 11.7 Å². The predicted molar refractivity (Wildman–Crippen MR) is 132 cm³/mol. The molecule has 0 saturated heterocycles. The monoisotopic (exact) mass is 482 g/mol. The lowest BCUT2D eigenvalue weighted by atomic mass is 10.2. The van der Waals surface area contributed by atoms with Crippen LogP contribution in [0.5, 0.6) is 5.75 Å². The number of hydrogen-bond acceptors (Lipinski definition) is 7. The molecule has 0 aliphatic carbocycles. The van der Waals surface area contributed by atoms with E-state index in [9.17, 15) is 9.59 Å². The number of anilines is 1. The van der Waals surface area contributed by atoms with Gasteiger partial charge < -0.3 is 19.4 Å². The zero-order chi connectivity index (χ0) is 24.5. The summed E-state index contributed by atoms with van der Waals surface area (Å²) in [6, 6.07) is 14.6.